The SMILES string of the molecule is COc1c(OCON)cccc1[N+](=O)[O-]. The zero-order valence-corrected chi connectivity index (χ0v) is 8.00. The zero-order valence-electron chi connectivity index (χ0n) is 8.00. The van der Waals surface area contributed by atoms with E-state index in [1.165, 1.54) is 25.3 Å². The molecule has 0 aliphatic heterocycles. The van der Waals surface area contributed by atoms with Crippen molar-refractivity contribution in [1.29, 1.82) is 0 Å². The van der Waals surface area contributed by atoms with E-state index in [0.29, 0.717) is 0 Å². The Bertz CT molecular complexity index is 355. The second-order valence-electron chi connectivity index (χ2n) is 2.49. The second kappa shape index (κ2) is 5.13. The third-order valence-electron chi connectivity index (χ3n) is 1.64. The predicted molar refractivity (Wildman–Crippen MR) is 50.4 cm³/mol. The number of para-hydroxylation sites is 1. The zero-order chi connectivity index (χ0) is 11.3. The van der Waals surface area contributed by atoms with Gasteiger partial charge in [-0.2, -0.15) is 0 Å². The van der Waals surface area contributed by atoms with E-state index in [9.17, 15) is 10.1 Å². The predicted octanol–water partition coefficient (Wildman–Crippen LogP) is 0.830. The van der Waals surface area contributed by atoms with Crippen LogP contribution < -0.4 is 15.4 Å². The number of nitrogens with zero attached hydrogens (tertiary/aromatic N) is 1. The molecule has 1 aromatic carbocycles. The summed E-state index contributed by atoms with van der Waals surface area (Å²) in [7, 11) is 1.32. The Balaban J connectivity index is 3.04. The van der Waals surface area contributed by atoms with E-state index in [2.05, 4.69) is 4.84 Å². The van der Waals surface area contributed by atoms with Crippen molar-refractivity contribution >= 4 is 5.69 Å². The lowest BCUT2D eigenvalue weighted by Crippen LogP contribution is -2.08. The summed E-state index contributed by atoms with van der Waals surface area (Å²) in [4.78, 5) is 14.3. The van der Waals surface area contributed by atoms with Gasteiger partial charge in [-0.1, -0.05) is 6.07 Å². The molecule has 0 atom stereocenters. The van der Waals surface area contributed by atoms with Gasteiger partial charge in [0.1, 0.15) is 0 Å². The van der Waals surface area contributed by atoms with Crippen LogP contribution >= 0.6 is 0 Å². The number of methoxy groups -OCH3 is 1. The Morgan fingerprint density at radius 3 is 2.80 bits per heavy atom. The van der Waals surface area contributed by atoms with Crippen LogP contribution in [0.2, 0.25) is 0 Å². The molecule has 15 heavy (non-hydrogen) atoms. The van der Waals surface area contributed by atoms with Gasteiger partial charge in [-0.25, -0.2) is 5.90 Å². The number of hydrogen-bond acceptors (Lipinski definition) is 6. The minimum atomic E-state index is -0.561. The van der Waals surface area contributed by atoms with Crippen LogP contribution in [0.3, 0.4) is 0 Å². The molecule has 0 unspecified atom stereocenters. The van der Waals surface area contributed by atoms with E-state index < -0.39 is 4.92 Å². The number of ether oxygens (including phenoxy) is 2. The van der Waals surface area contributed by atoms with Crippen LogP contribution in [-0.2, 0) is 4.84 Å². The van der Waals surface area contributed by atoms with Crippen LogP contribution in [0.4, 0.5) is 5.69 Å². The van der Waals surface area contributed by atoms with Crippen LogP contribution in [0.15, 0.2) is 18.2 Å². The highest BCUT2D eigenvalue weighted by Crippen LogP contribution is 2.36. The quantitative estimate of drug-likeness (QED) is 0.443. The normalized spacial score (nSPS) is 9.73. The maximum Gasteiger partial charge on any atom is 0.314 e. The van der Waals surface area contributed by atoms with Crippen LogP contribution in [0, 0.1) is 10.1 Å². The molecule has 0 bridgehead atoms. The molecule has 82 valence electrons. The van der Waals surface area contributed by atoms with Gasteiger partial charge >= 0.3 is 5.69 Å². The summed E-state index contributed by atoms with van der Waals surface area (Å²) < 4.78 is 9.86. The van der Waals surface area contributed by atoms with Crippen molar-refractivity contribution in [3.05, 3.63) is 28.3 Å². The largest absolute Gasteiger partial charge is 0.488 e. The van der Waals surface area contributed by atoms with Gasteiger partial charge in [-0.3, -0.25) is 15.0 Å². The molecule has 1 rings (SSSR count). The van der Waals surface area contributed by atoms with E-state index in [1.54, 1.807) is 0 Å². The molecule has 0 saturated heterocycles. The molecule has 0 aliphatic rings. The Morgan fingerprint density at radius 1 is 1.53 bits per heavy atom. The van der Waals surface area contributed by atoms with Crippen molar-refractivity contribution in [3.8, 4) is 11.5 Å². The fraction of sp³-hybridized carbons (Fsp3) is 0.250. The van der Waals surface area contributed by atoms with Gasteiger partial charge in [0.05, 0.1) is 12.0 Å². The fourth-order valence-electron chi connectivity index (χ4n) is 1.06. The molecule has 0 spiro atoms. The monoisotopic (exact) mass is 214 g/mol. The number of hydrogen-bond donors (Lipinski definition) is 1. The summed E-state index contributed by atoms with van der Waals surface area (Å²) in [5.74, 6) is 5.01. The maximum atomic E-state index is 10.6. The van der Waals surface area contributed by atoms with Crippen molar-refractivity contribution in [1.82, 2.24) is 0 Å². The maximum absolute atomic E-state index is 10.6. The Morgan fingerprint density at radius 2 is 2.27 bits per heavy atom. The minimum absolute atomic E-state index is 0.0413. The second-order valence-corrected chi connectivity index (χ2v) is 2.49. The molecule has 0 aromatic heterocycles. The van der Waals surface area contributed by atoms with E-state index in [4.69, 9.17) is 15.4 Å². The van der Waals surface area contributed by atoms with Crippen molar-refractivity contribution < 1.29 is 19.2 Å². The van der Waals surface area contributed by atoms with E-state index in [1.807, 2.05) is 0 Å². The van der Waals surface area contributed by atoms with Gasteiger partial charge in [-0.05, 0) is 6.07 Å². The molecule has 7 heteroatoms. The summed E-state index contributed by atoms with van der Waals surface area (Å²) in [6.07, 6.45) is 0. The van der Waals surface area contributed by atoms with Gasteiger partial charge in [0, 0.05) is 6.07 Å². The first-order valence-electron chi connectivity index (χ1n) is 3.96. The van der Waals surface area contributed by atoms with Gasteiger partial charge in [0.2, 0.25) is 12.5 Å². The lowest BCUT2D eigenvalue weighted by Gasteiger charge is -2.08. The highest BCUT2D eigenvalue weighted by atomic mass is 16.7. The number of nitro groups is 1. The van der Waals surface area contributed by atoms with Crippen molar-refractivity contribution in [2.45, 2.75) is 0 Å². The van der Waals surface area contributed by atoms with Crippen LogP contribution in [-0.4, -0.2) is 18.8 Å². The molecule has 2 N–H and O–H groups in total. The van der Waals surface area contributed by atoms with Gasteiger partial charge in [-0.15, -0.1) is 0 Å². The summed E-state index contributed by atoms with van der Waals surface area (Å²) in [6, 6.07) is 4.31. The summed E-state index contributed by atoms with van der Waals surface area (Å²) in [6.45, 7) is -0.211. The number of nitrogens with two attached hydrogens (primary N) is 1. The summed E-state index contributed by atoms with van der Waals surface area (Å²) in [5, 5.41) is 10.6. The Labute approximate surface area is 85.4 Å². The minimum Gasteiger partial charge on any atom is -0.488 e. The molecule has 0 fully saturated rings. The lowest BCUT2D eigenvalue weighted by molar-refractivity contribution is -0.385. The number of nitro benzene ring substituents is 1. The molecule has 1 aromatic rings. The first kappa shape index (κ1) is 11.2. The van der Waals surface area contributed by atoms with Crippen LogP contribution in [0.1, 0.15) is 0 Å². The third kappa shape index (κ3) is 2.55. The molecule has 0 heterocycles. The Hall–Kier alpha value is -1.86. The topological polar surface area (TPSA) is 96.8 Å². The van der Waals surface area contributed by atoms with Gasteiger partial charge < -0.3 is 9.47 Å². The van der Waals surface area contributed by atoms with Crippen LogP contribution in [0.5, 0.6) is 11.5 Å². The number of rotatable bonds is 5. The highest BCUT2D eigenvalue weighted by molar-refractivity contribution is 5.55. The van der Waals surface area contributed by atoms with Crippen molar-refractivity contribution in [3.63, 3.8) is 0 Å². The third-order valence-corrected chi connectivity index (χ3v) is 1.64. The first-order valence-corrected chi connectivity index (χ1v) is 3.96. The molecular formula is C8H10N2O5. The van der Waals surface area contributed by atoms with Crippen molar-refractivity contribution in [2.75, 3.05) is 13.9 Å². The Kier molecular flexibility index (Phi) is 3.83. The summed E-state index contributed by atoms with van der Waals surface area (Å²) >= 11 is 0. The lowest BCUT2D eigenvalue weighted by atomic mass is 10.3. The average molecular weight is 214 g/mol. The smallest absolute Gasteiger partial charge is 0.314 e. The van der Waals surface area contributed by atoms with E-state index >= 15 is 0 Å². The van der Waals surface area contributed by atoms with Crippen molar-refractivity contribution in [2.24, 2.45) is 5.90 Å². The fourth-order valence-corrected chi connectivity index (χ4v) is 1.06. The molecule has 0 amide bonds. The van der Waals surface area contributed by atoms with Crippen LogP contribution in [0.25, 0.3) is 0 Å². The average Bonchev–Trinajstić information content (AvgIpc) is 2.25. The molecule has 0 radical (unpaired) electrons. The first-order chi connectivity index (χ1) is 7.20. The summed E-state index contributed by atoms with van der Waals surface area (Å²) in [5.41, 5.74) is -0.174. The molecule has 0 saturated carbocycles. The number of benzene rings is 1. The highest BCUT2D eigenvalue weighted by Gasteiger charge is 2.19. The molecular weight excluding hydrogens is 204 g/mol. The van der Waals surface area contributed by atoms with Gasteiger partial charge in [0.15, 0.2) is 5.75 Å². The van der Waals surface area contributed by atoms with E-state index in [-0.39, 0.29) is 24.0 Å². The molecule has 0 aliphatic carbocycles. The molecule has 7 nitrogen and oxygen atoms in total. The van der Waals surface area contributed by atoms with Gasteiger partial charge in [0.25, 0.3) is 0 Å². The standard InChI is InChI=1S/C8H10N2O5/c1-13-8-6(10(11)12)3-2-4-7(8)14-5-15-9/h2-4H,5,9H2,1H3. The van der Waals surface area contributed by atoms with E-state index in [0.717, 1.165) is 0 Å².